The van der Waals surface area contributed by atoms with Crippen molar-refractivity contribution in [3.8, 4) is 11.5 Å². The molecule has 0 fully saturated rings. The third kappa shape index (κ3) is 3.13. The summed E-state index contributed by atoms with van der Waals surface area (Å²) in [5.74, 6) is -1.58. The van der Waals surface area contributed by atoms with Crippen molar-refractivity contribution in [2.45, 2.75) is 64.5 Å². The lowest BCUT2D eigenvalue weighted by Crippen LogP contribution is -2.32. The molecular formula is C28H26F2N2O4. The second-order valence-corrected chi connectivity index (χ2v) is 10.2. The van der Waals surface area contributed by atoms with Crippen molar-refractivity contribution in [1.29, 1.82) is 0 Å². The first-order valence-corrected chi connectivity index (χ1v) is 12.3. The van der Waals surface area contributed by atoms with Gasteiger partial charge in [0.05, 0.1) is 22.2 Å². The lowest BCUT2D eigenvalue weighted by Gasteiger charge is -2.27. The standard InChI is InChI=1S/C28H26F2N2O4/c1-13-3-5-15-9-17(29)11-21-23(15)31(13)27(35)19(25(21)33)7-8-20-26(34)22-12-18(30)10-16-6-4-14(2)32(24(16)22)28(20)36/h9-14,33-34H,3-8H2,1-2H3/t13-,14+. The van der Waals surface area contributed by atoms with Crippen LogP contribution in [0.5, 0.6) is 11.5 Å². The second-order valence-electron chi connectivity index (χ2n) is 10.2. The van der Waals surface area contributed by atoms with Crippen LogP contribution >= 0.6 is 0 Å². The van der Waals surface area contributed by atoms with Crippen LogP contribution in [0.4, 0.5) is 8.78 Å². The monoisotopic (exact) mass is 492 g/mol. The first-order valence-electron chi connectivity index (χ1n) is 12.3. The number of hydrogen-bond donors (Lipinski definition) is 2. The molecule has 0 saturated carbocycles. The topological polar surface area (TPSA) is 84.5 Å². The molecule has 0 spiro atoms. The molecule has 6 rings (SSSR count). The van der Waals surface area contributed by atoms with Crippen LogP contribution in [0.25, 0.3) is 21.8 Å². The molecule has 0 aliphatic carbocycles. The van der Waals surface area contributed by atoms with E-state index in [0.717, 1.165) is 0 Å². The number of halogens is 2. The van der Waals surface area contributed by atoms with Gasteiger partial charge in [-0.25, -0.2) is 8.78 Å². The van der Waals surface area contributed by atoms with E-state index in [0.29, 0.717) is 47.8 Å². The SMILES string of the molecule is C[C@@H]1CCc2cc(F)cc3c(O)c(CCc4c(O)c5cc(F)cc6c5n(c4=O)[C@@H](C)CC6)c(=O)n1c23. The predicted octanol–water partition coefficient (Wildman–Crippen LogP) is 4.81. The number of rotatable bonds is 3. The number of nitrogens with zero attached hydrogens (tertiary/aromatic N) is 2. The summed E-state index contributed by atoms with van der Waals surface area (Å²) in [5.41, 5.74) is 1.80. The van der Waals surface area contributed by atoms with Gasteiger partial charge in [0.25, 0.3) is 11.1 Å². The molecular weight excluding hydrogens is 466 g/mol. The number of benzene rings is 2. The van der Waals surface area contributed by atoms with Crippen molar-refractivity contribution < 1.29 is 19.0 Å². The summed E-state index contributed by atoms with van der Waals surface area (Å²) in [4.78, 5) is 27.0. The van der Waals surface area contributed by atoms with Crippen molar-refractivity contribution >= 4 is 21.8 Å². The number of aromatic hydroxyl groups is 2. The minimum absolute atomic E-state index is 0.0377. The van der Waals surface area contributed by atoms with E-state index < -0.39 is 11.6 Å². The Balaban J connectivity index is 1.53. The van der Waals surface area contributed by atoms with Crippen LogP contribution < -0.4 is 11.1 Å². The Morgan fingerprint density at radius 1 is 0.750 bits per heavy atom. The smallest absolute Gasteiger partial charge is 0.258 e. The van der Waals surface area contributed by atoms with Crippen LogP contribution in [0.15, 0.2) is 33.9 Å². The van der Waals surface area contributed by atoms with Gasteiger partial charge in [-0.2, -0.15) is 0 Å². The first-order chi connectivity index (χ1) is 17.2. The Kier molecular flexibility index (Phi) is 5.00. The van der Waals surface area contributed by atoms with Crippen molar-refractivity contribution in [1.82, 2.24) is 9.13 Å². The van der Waals surface area contributed by atoms with Crippen molar-refractivity contribution in [3.05, 3.63) is 78.9 Å². The molecule has 8 heteroatoms. The van der Waals surface area contributed by atoms with Gasteiger partial charge < -0.3 is 19.3 Å². The Hall–Kier alpha value is -3.68. The molecule has 2 aliphatic heterocycles. The maximum atomic E-state index is 14.3. The van der Waals surface area contributed by atoms with Crippen LogP contribution in [0.1, 0.15) is 61.0 Å². The minimum atomic E-state index is -0.491. The van der Waals surface area contributed by atoms with E-state index in [1.165, 1.54) is 24.3 Å². The zero-order chi connectivity index (χ0) is 25.5. The van der Waals surface area contributed by atoms with Crippen LogP contribution in [0, 0.1) is 11.6 Å². The van der Waals surface area contributed by atoms with E-state index in [1.807, 2.05) is 13.8 Å². The molecule has 0 amide bonds. The summed E-state index contributed by atoms with van der Waals surface area (Å²) in [6.07, 6.45) is 2.47. The normalized spacial score (nSPS) is 18.8. The highest BCUT2D eigenvalue weighted by Crippen LogP contribution is 2.38. The van der Waals surface area contributed by atoms with Gasteiger partial charge in [-0.3, -0.25) is 9.59 Å². The molecule has 0 bridgehead atoms. The number of hydrogen-bond acceptors (Lipinski definition) is 4. The maximum Gasteiger partial charge on any atom is 0.258 e. The third-order valence-corrected chi connectivity index (χ3v) is 7.99. The van der Waals surface area contributed by atoms with Crippen molar-refractivity contribution in [3.63, 3.8) is 0 Å². The highest BCUT2D eigenvalue weighted by Gasteiger charge is 2.28. The maximum absolute atomic E-state index is 14.3. The molecule has 2 atom stereocenters. The van der Waals surface area contributed by atoms with E-state index in [4.69, 9.17) is 0 Å². The van der Waals surface area contributed by atoms with Crippen LogP contribution in [-0.2, 0) is 25.7 Å². The lowest BCUT2D eigenvalue weighted by atomic mass is 9.93. The highest BCUT2D eigenvalue weighted by atomic mass is 19.1. The number of aryl methyl sites for hydroxylation is 2. The Bertz CT molecular complexity index is 1590. The quantitative estimate of drug-likeness (QED) is 0.430. The summed E-state index contributed by atoms with van der Waals surface area (Å²) in [5, 5.41) is 22.6. The van der Waals surface area contributed by atoms with Gasteiger partial charge in [0.15, 0.2) is 0 Å². The van der Waals surface area contributed by atoms with E-state index in [1.54, 1.807) is 9.13 Å². The fourth-order valence-corrected chi connectivity index (χ4v) is 6.17. The van der Waals surface area contributed by atoms with Crippen molar-refractivity contribution in [2.24, 2.45) is 0 Å². The summed E-state index contributed by atoms with van der Waals surface area (Å²) < 4.78 is 31.9. The Morgan fingerprint density at radius 3 is 1.53 bits per heavy atom. The minimum Gasteiger partial charge on any atom is -0.507 e. The van der Waals surface area contributed by atoms with Gasteiger partial charge in [-0.1, -0.05) is 0 Å². The summed E-state index contributed by atoms with van der Waals surface area (Å²) in [6, 6.07) is 4.98. The molecule has 4 aromatic rings. The van der Waals surface area contributed by atoms with E-state index in [-0.39, 0.29) is 69.4 Å². The van der Waals surface area contributed by atoms with Gasteiger partial charge in [-0.15, -0.1) is 0 Å². The fourth-order valence-electron chi connectivity index (χ4n) is 6.17. The van der Waals surface area contributed by atoms with Crippen LogP contribution in [0.2, 0.25) is 0 Å². The lowest BCUT2D eigenvalue weighted by molar-refractivity contribution is 0.447. The average molecular weight is 493 g/mol. The number of pyridine rings is 2. The summed E-state index contributed by atoms with van der Waals surface area (Å²) in [7, 11) is 0. The van der Waals surface area contributed by atoms with E-state index >= 15 is 0 Å². The van der Waals surface area contributed by atoms with Crippen molar-refractivity contribution in [2.75, 3.05) is 0 Å². The van der Waals surface area contributed by atoms with E-state index in [9.17, 15) is 28.6 Å². The molecule has 2 N–H and O–H groups in total. The third-order valence-electron chi connectivity index (χ3n) is 7.99. The molecule has 0 radical (unpaired) electrons. The zero-order valence-corrected chi connectivity index (χ0v) is 20.1. The molecule has 186 valence electrons. The molecule has 36 heavy (non-hydrogen) atoms. The van der Waals surface area contributed by atoms with Crippen LogP contribution in [-0.4, -0.2) is 19.3 Å². The molecule has 4 heterocycles. The molecule has 0 saturated heterocycles. The zero-order valence-electron chi connectivity index (χ0n) is 20.1. The van der Waals surface area contributed by atoms with Crippen LogP contribution in [0.3, 0.4) is 0 Å². The highest BCUT2D eigenvalue weighted by molar-refractivity contribution is 5.90. The second kappa shape index (κ2) is 7.91. The summed E-state index contributed by atoms with van der Waals surface area (Å²) in [6.45, 7) is 3.82. The Labute approximate surface area is 205 Å². The fraction of sp³-hybridized carbons (Fsp3) is 0.357. The van der Waals surface area contributed by atoms with E-state index in [2.05, 4.69) is 0 Å². The summed E-state index contributed by atoms with van der Waals surface area (Å²) >= 11 is 0. The van der Waals surface area contributed by atoms with Gasteiger partial charge in [0.1, 0.15) is 23.1 Å². The van der Waals surface area contributed by atoms with Gasteiger partial charge in [0.2, 0.25) is 0 Å². The van der Waals surface area contributed by atoms with Gasteiger partial charge >= 0.3 is 0 Å². The molecule has 2 aliphatic rings. The molecule has 2 aromatic heterocycles. The molecule has 2 aromatic carbocycles. The van der Waals surface area contributed by atoms with Gasteiger partial charge in [-0.05, 0) is 87.8 Å². The largest absolute Gasteiger partial charge is 0.507 e. The Morgan fingerprint density at radius 2 is 1.14 bits per heavy atom. The molecule has 0 unspecified atom stereocenters. The molecule has 6 nitrogen and oxygen atoms in total. The average Bonchev–Trinajstić information content (AvgIpc) is 2.83. The predicted molar refractivity (Wildman–Crippen MR) is 133 cm³/mol. The number of aromatic nitrogens is 2. The van der Waals surface area contributed by atoms with Gasteiger partial charge in [0, 0.05) is 22.9 Å². The first kappa shape index (κ1) is 22.8.